The number of benzene rings is 4. The van der Waals surface area contributed by atoms with Crippen molar-refractivity contribution < 1.29 is 0 Å². The fourth-order valence-corrected chi connectivity index (χ4v) is 7.96. The van der Waals surface area contributed by atoms with Crippen molar-refractivity contribution in [2.24, 2.45) is 0 Å². The summed E-state index contributed by atoms with van der Waals surface area (Å²) < 4.78 is 0. The first-order valence-corrected chi connectivity index (χ1v) is 12.2. The summed E-state index contributed by atoms with van der Waals surface area (Å²) in [6.45, 7) is 4.98. The Bertz CT molecular complexity index is 1350. The quantitative estimate of drug-likeness (QED) is 0.366. The average molecular weight is 350 g/mol. The van der Waals surface area contributed by atoms with E-state index >= 15 is 0 Å². The highest BCUT2D eigenvalue weighted by Gasteiger charge is 2.35. The zero-order valence-corrected chi connectivity index (χ0v) is 15.9. The van der Waals surface area contributed by atoms with Crippen LogP contribution in [0.3, 0.4) is 0 Å². The second kappa shape index (κ2) is 4.66. The summed E-state index contributed by atoms with van der Waals surface area (Å²) >= 11 is 0. The van der Waals surface area contributed by atoms with Gasteiger partial charge in [-0.3, -0.25) is 0 Å². The molecule has 0 amide bonds. The molecule has 1 nitrogen and oxygen atoms in total. The maximum atomic E-state index is 3.64. The standard InChI is InChI=1S/C24H19NSi/c1-26(2)22-12-6-8-15-7-5-10-17(24(15)22)19-13-18-16-9-3-4-11-20(16)25-21(18)14-23(19)26/h3-14,25H,1-2H3. The molecule has 26 heavy (non-hydrogen) atoms. The van der Waals surface area contributed by atoms with Crippen LogP contribution in [-0.2, 0) is 0 Å². The van der Waals surface area contributed by atoms with Crippen LogP contribution in [0.1, 0.15) is 0 Å². The second-order valence-electron chi connectivity index (χ2n) is 7.95. The summed E-state index contributed by atoms with van der Waals surface area (Å²) in [7, 11) is -1.75. The van der Waals surface area contributed by atoms with Gasteiger partial charge in [0.25, 0.3) is 0 Å². The molecule has 0 atom stereocenters. The Labute approximate surface area is 153 Å². The van der Waals surface area contributed by atoms with Gasteiger partial charge in [0, 0.05) is 21.8 Å². The van der Waals surface area contributed by atoms with Crippen molar-refractivity contribution in [3.63, 3.8) is 0 Å². The lowest BCUT2D eigenvalue weighted by Gasteiger charge is -2.33. The van der Waals surface area contributed by atoms with Crippen molar-refractivity contribution in [2.75, 3.05) is 0 Å². The molecule has 6 rings (SSSR count). The van der Waals surface area contributed by atoms with Crippen LogP contribution < -0.4 is 10.4 Å². The molecule has 0 aliphatic carbocycles. The van der Waals surface area contributed by atoms with Crippen LogP contribution in [0.25, 0.3) is 43.7 Å². The molecule has 4 aromatic carbocycles. The van der Waals surface area contributed by atoms with E-state index in [0.717, 1.165) is 0 Å². The molecular weight excluding hydrogens is 330 g/mol. The summed E-state index contributed by atoms with van der Waals surface area (Å²) in [4.78, 5) is 3.64. The van der Waals surface area contributed by atoms with E-state index in [0.29, 0.717) is 0 Å². The maximum Gasteiger partial charge on any atom is 0.113 e. The first-order valence-electron chi connectivity index (χ1n) is 9.22. The van der Waals surface area contributed by atoms with Gasteiger partial charge in [0.05, 0.1) is 0 Å². The fraction of sp³-hybridized carbons (Fsp3) is 0.0833. The smallest absolute Gasteiger partial charge is 0.113 e. The molecule has 0 radical (unpaired) electrons. The molecule has 0 bridgehead atoms. The van der Waals surface area contributed by atoms with E-state index in [1.807, 2.05) is 0 Å². The lowest BCUT2D eigenvalue weighted by atomic mass is 9.96. The van der Waals surface area contributed by atoms with Crippen molar-refractivity contribution >= 4 is 51.0 Å². The predicted molar refractivity (Wildman–Crippen MR) is 115 cm³/mol. The summed E-state index contributed by atoms with van der Waals surface area (Å²) in [5.74, 6) is 0. The van der Waals surface area contributed by atoms with Crippen molar-refractivity contribution in [3.05, 3.63) is 72.8 Å². The lowest BCUT2D eigenvalue weighted by Crippen LogP contribution is -2.55. The van der Waals surface area contributed by atoms with Gasteiger partial charge in [-0.25, -0.2) is 0 Å². The van der Waals surface area contributed by atoms with Crippen LogP contribution in [0.4, 0.5) is 0 Å². The number of H-pyrrole nitrogens is 1. The fourth-order valence-electron chi connectivity index (χ4n) is 4.87. The topological polar surface area (TPSA) is 15.8 Å². The summed E-state index contributed by atoms with van der Waals surface area (Å²) in [5, 5.41) is 8.59. The van der Waals surface area contributed by atoms with Crippen molar-refractivity contribution in [2.45, 2.75) is 13.1 Å². The van der Waals surface area contributed by atoms with E-state index in [9.17, 15) is 0 Å². The largest absolute Gasteiger partial charge is 0.355 e. The van der Waals surface area contributed by atoms with Crippen LogP contribution in [0.15, 0.2) is 72.8 Å². The van der Waals surface area contributed by atoms with Crippen LogP contribution in [0.5, 0.6) is 0 Å². The number of para-hydroxylation sites is 1. The minimum Gasteiger partial charge on any atom is -0.355 e. The van der Waals surface area contributed by atoms with Crippen molar-refractivity contribution in [3.8, 4) is 11.1 Å². The van der Waals surface area contributed by atoms with Gasteiger partial charge in [0.2, 0.25) is 0 Å². The highest BCUT2D eigenvalue weighted by molar-refractivity contribution is 7.03. The molecular formula is C24H19NSi. The van der Waals surface area contributed by atoms with Gasteiger partial charge >= 0.3 is 0 Å². The second-order valence-corrected chi connectivity index (χ2v) is 12.3. The summed E-state index contributed by atoms with van der Waals surface area (Å²) in [6, 6.07) is 27.1. The maximum absolute atomic E-state index is 3.64. The molecule has 1 N–H and O–H groups in total. The minimum absolute atomic E-state index is 1.22. The first-order chi connectivity index (χ1) is 12.6. The van der Waals surface area contributed by atoms with Gasteiger partial charge in [-0.15, -0.1) is 0 Å². The van der Waals surface area contributed by atoms with E-state index < -0.39 is 8.07 Å². The molecule has 124 valence electrons. The third-order valence-corrected chi connectivity index (χ3v) is 9.71. The third-order valence-electron chi connectivity index (χ3n) is 6.19. The Balaban J connectivity index is 1.84. The molecule has 5 aromatic rings. The Hall–Kier alpha value is -2.84. The van der Waals surface area contributed by atoms with Gasteiger partial charge in [0.1, 0.15) is 8.07 Å². The SMILES string of the molecule is C[Si]1(C)c2cc3[nH]c4ccccc4c3cc2-c2cccc3cccc1c23. The van der Waals surface area contributed by atoms with E-state index in [2.05, 4.69) is 90.9 Å². The summed E-state index contributed by atoms with van der Waals surface area (Å²) in [6.07, 6.45) is 0. The van der Waals surface area contributed by atoms with Crippen LogP contribution >= 0.6 is 0 Å². The zero-order valence-electron chi connectivity index (χ0n) is 14.9. The summed E-state index contributed by atoms with van der Waals surface area (Å²) in [5.41, 5.74) is 5.31. The number of nitrogens with one attached hydrogen (secondary N) is 1. The Morgan fingerprint density at radius 3 is 2.35 bits per heavy atom. The van der Waals surface area contributed by atoms with Crippen LogP contribution in [0, 0.1) is 0 Å². The number of aromatic amines is 1. The van der Waals surface area contributed by atoms with E-state index in [-0.39, 0.29) is 0 Å². The van der Waals surface area contributed by atoms with Gasteiger partial charge in [0.15, 0.2) is 0 Å². The average Bonchev–Trinajstić information content (AvgIpc) is 3.03. The molecule has 1 aromatic heterocycles. The zero-order chi connectivity index (χ0) is 17.5. The number of fused-ring (bicyclic) bond motifs is 5. The van der Waals surface area contributed by atoms with Gasteiger partial charge in [-0.05, 0) is 50.5 Å². The Morgan fingerprint density at radius 2 is 1.46 bits per heavy atom. The highest BCUT2D eigenvalue weighted by atomic mass is 28.3. The third kappa shape index (κ3) is 1.65. The number of aromatic nitrogens is 1. The van der Waals surface area contributed by atoms with E-state index in [1.54, 1.807) is 10.4 Å². The molecule has 1 aliphatic heterocycles. The normalized spacial score (nSPS) is 14.8. The highest BCUT2D eigenvalue weighted by Crippen LogP contribution is 2.36. The first kappa shape index (κ1) is 14.3. The van der Waals surface area contributed by atoms with E-state index in [1.165, 1.54) is 43.7 Å². The van der Waals surface area contributed by atoms with Gasteiger partial charge in [-0.2, -0.15) is 0 Å². The van der Waals surface area contributed by atoms with Crippen molar-refractivity contribution in [1.29, 1.82) is 0 Å². The molecule has 2 heteroatoms. The number of hydrogen-bond acceptors (Lipinski definition) is 0. The van der Waals surface area contributed by atoms with Gasteiger partial charge < -0.3 is 4.98 Å². The molecule has 0 saturated heterocycles. The molecule has 0 fully saturated rings. The molecule has 2 heterocycles. The predicted octanol–water partition coefficient (Wildman–Crippen LogP) is 5.28. The molecule has 1 aliphatic rings. The molecule has 0 spiro atoms. The monoisotopic (exact) mass is 349 g/mol. The van der Waals surface area contributed by atoms with Crippen LogP contribution in [0.2, 0.25) is 13.1 Å². The lowest BCUT2D eigenvalue weighted by molar-refractivity contribution is 1.55. The number of rotatable bonds is 0. The molecule has 0 unspecified atom stereocenters. The number of hydrogen-bond donors (Lipinski definition) is 1. The Morgan fingerprint density at radius 1 is 0.654 bits per heavy atom. The Kier molecular flexibility index (Phi) is 2.57. The molecule has 0 saturated carbocycles. The van der Waals surface area contributed by atoms with Gasteiger partial charge in [-0.1, -0.05) is 67.7 Å². The van der Waals surface area contributed by atoms with E-state index in [4.69, 9.17) is 0 Å². The van der Waals surface area contributed by atoms with Crippen LogP contribution in [-0.4, -0.2) is 13.1 Å². The van der Waals surface area contributed by atoms with Crippen molar-refractivity contribution in [1.82, 2.24) is 4.98 Å². The minimum atomic E-state index is -1.75.